The predicted octanol–water partition coefficient (Wildman–Crippen LogP) is 3.39. The van der Waals surface area contributed by atoms with Crippen molar-refractivity contribution in [2.75, 3.05) is 6.61 Å². The van der Waals surface area contributed by atoms with E-state index in [1.165, 1.54) is 12.8 Å². The fourth-order valence-electron chi connectivity index (χ4n) is 1.14. The fraction of sp³-hybridized carbons (Fsp3) is 0.364. The third-order valence-corrected chi connectivity index (χ3v) is 2.59. The quantitative estimate of drug-likeness (QED) is 0.783. The van der Waals surface area contributed by atoms with Gasteiger partial charge < -0.3 is 4.74 Å². The summed E-state index contributed by atoms with van der Waals surface area (Å²) in [4.78, 5) is 0. The second-order valence-corrected chi connectivity index (χ2v) is 4.37. The zero-order valence-electron chi connectivity index (χ0n) is 7.37. The molecule has 1 aliphatic carbocycles. The first-order chi connectivity index (χ1) is 6.34. The summed E-state index contributed by atoms with van der Waals surface area (Å²) in [7, 11) is 0. The van der Waals surface area contributed by atoms with E-state index in [1.807, 2.05) is 30.9 Å². The van der Waals surface area contributed by atoms with E-state index < -0.39 is 0 Å². The summed E-state index contributed by atoms with van der Waals surface area (Å²) >= 11 is 3.42. The molecule has 13 heavy (non-hydrogen) atoms. The van der Waals surface area contributed by atoms with Crippen LogP contribution >= 0.6 is 15.9 Å². The van der Waals surface area contributed by atoms with Crippen molar-refractivity contribution in [2.45, 2.75) is 12.8 Å². The van der Waals surface area contributed by atoms with Crippen molar-refractivity contribution in [3.63, 3.8) is 0 Å². The normalized spacial score (nSPS) is 16.1. The lowest BCUT2D eigenvalue weighted by molar-refractivity contribution is 0.199. The first kappa shape index (κ1) is 9.22. The minimum Gasteiger partial charge on any atom is -0.370 e. The molecule has 0 heterocycles. The van der Waals surface area contributed by atoms with E-state index in [2.05, 4.69) is 15.9 Å². The molecule has 0 aliphatic heterocycles. The Labute approximate surface area is 87.2 Å². The molecular weight excluding hydrogens is 228 g/mol. The summed E-state index contributed by atoms with van der Waals surface area (Å²) in [5, 5.41) is 0. The van der Waals surface area contributed by atoms with E-state index in [9.17, 15) is 0 Å². The summed E-state index contributed by atoms with van der Waals surface area (Å²) < 4.78 is 6.55. The molecule has 0 unspecified atom stereocenters. The molecule has 2 rings (SSSR count). The van der Waals surface area contributed by atoms with Gasteiger partial charge in [0.15, 0.2) is 0 Å². The van der Waals surface area contributed by atoms with Gasteiger partial charge in [-0.3, -0.25) is 0 Å². The fourth-order valence-corrected chi connectivity index (χ4v) is 1.56. The Kier molecular flexibility index (Phi) is 3.01. The minimum atomic E-state index is 0.823. The summed E-state index contributed by atoms with van der Waals surface area (Å²) in [6.07, 6.45) is 2.68. The smallest absolute Gasteiger partial charge is 0.113 e. The van der Waals surface area contributed by atoms with Crippen LogP contribution in [0.2, 0.25) is 0 Å². The molecule has 0 atom stereocenters. The maximum atomic E-state index is 5.45. The van der Waals surface area contributed by atoms with Crippen molar-refractivity contribution in [3.8, 4) is 0 Å². The van der Waals surface area contributed by atoms with Crippen molar-refractivity contribution in [3.05, 3.63) is 40.9 Å². The van der Waals surface area contributed by atoms with E-state index in [4.69, 9.17) is 4.74 Å². The van der Waals surface area contributed by atoms with Crippen molar-refractivity contribution in [2.24, 2.45) is 5.92 Å². The van der Waals surface area contributed by atoms with E-state index in [-0.39, 0.29) is 0 Å². The summed E-state index contributed by atoms with van der Waals surface area (Å²) in [5.41, 5.74) is 1.12. The third-order valence-electron chi connectivity index (χ3n) is 2.10. The highest BCUT2D eigenvalue weighted by molar-refractivity contribution is 9.10. The Morgan fingerprint density at radius 1 is 1.46 bits per heavy atom. The molecule has 0 N–H and O–H groups in total. The zero-order chi connectivity index (χ0) is 9.10. The second kappa shape index (κ2) is 4.25. The third kappa shape index (κ3) is 3.12. The van der Waals surface area contributed by atoms with E-state index in [0.29, 0.717) is 0 Å². The van der Waals surface area contributed by atoms with Gasteiger partial charge in [-0.05, 0) is 36.5 Å². The molecule has 1 radical (unpaired) electrons. The van der Waals surface area contributed by atoms with E-state index in [1.54, 1.807) is 0 Å². The van der Waals surface area contributed by atoms with Gasteiger partial charge in [-0.1, -0.05) is 28.1 Å². The van der Waals surface area contributed by atoms with Crippen molar-refractivity contribution >= 4 is 15.9 Å². The summed E-state index contributed by atoms with van der Waals surface area (Å²) in [6, 6.07) is 8.11. The molecule has 69 valence electrons. The van der Waals surface area contributed by atoms with Crippen LogP contribution in [-0.4, -0.2) is 6.61 Å². The molecule has 1 saturated carbocycles. The highest BCUT2D eigenvalue weighted by Gasteiger charge is 2.21. The molecule has 1 aromatic rings. The Bertz CT molecular complexity index is 281. The Morgan fingerprint density at radius 2 is 2.31 bits per heavy atom. The lowest BCUT2D eigenvalue weighted by Gasteiger charge is -2.02. The minimum absolute atomic E-state index is 0.823. The SMILES string of the molecule is Brc1cccc([CH]OCC2CC2)c1. The van der Waals surface area contributed by atoms with Crippen LogP contribution in [0.15, 0.2) is 28.7 Å². The number of halogens is 1. The molecule has 1 nitrogen and oxygen atoms in total. The van der Waals surface area contributed by atoms with Gasteiger partial charge in [-0.2, -0.15) is 0 Å². The first-order valence-electron chi connectivity index (χ1n) is 4.55. The molecule has 0 amide bonds. The number of rotatable bonds is 4. The topological polar surface area (TPSA) is 9.23 Å². The average molecular weight is 240 g/mol. The highest BCUT2D eigenvalue weighted by atomic mass is 79.9. The average Bonchev–Trinajstić information content (AvgIpc) is 2.88. The summed E-state index contributed by atoms with van der Waals surface area (Å²) in [5.74, 6) is 0.823. The molecule has 0 bridgehead atoms. The maximum absolute atomic E-state index is 5.45. The number of hydrogen-bond acceptors (Lipinski definition) is 1. The Morgan fingerprint density at radius 3 is 3.00 bits per heavy atom. The van der Waals surface area contributed by atoms with Crippen LogP contribution in [0.3, 0.4) is 0 Å². The summed E-state index contributed by atoms with van der Waals surface area (Å²) in [6.45, 7) is 2.72. The number of benzene rings is 1. The van der Waals surface area contributed by atoms with Crippen molar-refractivity contribution in [1.29, 1.82) is 0 Å². The monoisotopic (exact) mass is 239 g/mol. The molecule has 2 heteroatoms. The zero-order valence-corrected chi connectivity index (χ0v) is 8.96. The second-order valence-electron chi connectivity index (χ2n) is 3.45. The van der Waals surface area contributed by atoms with Gasteiger partial charge in [-0.15, -0.1) is 0 Å². The van der Waals surface area contributed by atoms with Crippen LogP contribution in [0, 0.1) is 12.5 Å². The van der Waals surface area contributed by atoms with Crippen LogP contribution in [0.4, 0.5) is 0 Å². The number of ether oxygens (including phenoxy) is 1. The molecule has 1 aromatic carbocycles. The first-order valence-corrected chi connectivity index (χ1v) is 5.34. The molecule has 0 saturated heterocycles. The number of hydrogen-bond donors (Lipinski definition) is 0. The van der Waals surface area contributed by atoms with E-state index >= 15 is 0 Å². The van der Waals surface area contributed by atoms with Crippen LogP contribution in [-0.2, 0) is 4.74 Å². The van der Waals surface area contributed by atoms with Gasteiger partial charge in [-0.25, -0.2) is 0 Å². The highest BCUT2D eigenvalue weighted by Crippen LogP contribution is 2.29. The molecule has 0 aromatic heterocycles. The lowest BCUT2D eigenvalue weighted by atomic mass is 10.2. The van der Waals surface area contributed by atoms with Gasteiger partial charge in [0.05, 0.1) is 6.61 Å². The van der Waals surface area contributed by atoms with Gasteiger partial charge >= 0.3 is 0 Å². The largest absolute Gasteiger partial charge is 0.370 e. The molecular formula is C11H12BrO. The molecule has 1 aliphatic rings. The Hall–Kier alpha value is -0.340. The predicted molar refractivity (Wildman–Crippen MR) is 56.2 cm³/mol. The lowest BCUT2D eigenvalue weighted by Crippen LogP contribution is -1.94. The van der Waals surface area contributed by atoms with Crippen molar-refractivity contribution in [1.82, 2.24) is 0 Å². The van der Waals surface area contributed by atoms with Gasteiger partial charge in [0.25, 0.3) is 0 Å². The van der Waals surface area contributed by atoms with Crippen molar-refractivity contribution < 1.29 is 4.74 Å². The van der Waals surface area contributed by atoms with Crippen LogP contribution in [0.5, 0.6) is 0 Å². The van der Waals surface area contributed by atoms with Crippen LogP contribution in [0.25, 0.3) is 0 Å². The van der Waals surface area contributed by atoms with Gasteiger partial charge in [0.2, 0.25) is 0 Å². The van der Waals surface area contributed by atoms with Gasteiger partial charge in [0.1, 0.15) is 6.61 Å². The van der Waals surface area contributed by atoms with Crippen LogP contribution in [0.1, 0.15) is 18.4 Å². The maximum Gasteiger partial charge on any atom is 0.113 e. The standard InChI is InChI=1S/C11H12BrO/c12-11-3-1-2-10(6-11)8-13-7-9-4-5-9/h1-3,6,8-9H,4-5,7H2. The van der Waals surface area contributed by atoms with Gasteiger partial charge in [0, 0.05) is 4.47 Å². The molecule has 0 spiro atoms. The van der Waals surface area contributed by atoms with E-state index in [0.717, 1.165) is 22.6 Å². The molecule has 1 fully saturated rings. The van der Waals surface area contributed by atoms with Crippen LogP contribution < -0.4 is 0 Å². The Balaban J connectivity index is 1.79.